The van der Waals surface area contributed by atoms with E-state index in [2.05, 4.69) is 25.7 Å². The van der Waals surface area contributed by atoms with E-state index in [-0.39, 0.29) is 0 Å². The van der Waals surface area contributed by atoms with Crippen LogP contribution in [-0.2, 0) is 4.79 Å². The number of carboxylic acid groups (broad SMARTS) is 1. The number of hydrogen-bond donors (Lipinski definition) is 2. The molecule has 4 heteroatoms. The van der Waals surface area contributed by atoms with Gasteiger partial charge in [-0.25, -0.2) is 0 Å². The lowest BCUT2D eigenvalue weighted by Gasteiger charge is -2.13. The first kappa shape index (κ1) is 16.8. The average Bonchev–Trinajstić information content (AvgIpc) is 2.21. The van der Waals surface area contributed by atoms with Crippen molar-refractivity contribution >= 4 is 5.97 Å². The first-order chi connectivity index (χ1) is 7.03. The van der Waals surface area contributed by atoms with Crippen molar-refractivity contribution in [1.29, 1.82) is 0 Å². The summed E-state index contributed by atoms with van der Waals surface area (Å²) in [5.41, 5.74) is 5.13. The van der Waals surface area contributed by atoms with Crippen molar-refractivity contribution in [3.05, 3.63) is 0 Å². The van der Waals surface area contributed by atoms with E-state index in [0.29, 0.717) is 6.42 Å². The molecule has 3 N–H and O–H groups in total. The van der Waals surface area contributed by atoms with Crippen LogP contribution in [0.25, 0.3) is 0 Å². The Balaban J connectivity index is 0. The second-order valence-electron chi connectivity index (χ2n) is 3.35. The Hall–Kier alpha value is -0.610. The van der Waals surface area contributed by atoms with Gasteiger partial charge in [0, 0.05) is 0 Å². The Labute approximate surface area is 93.4 Å². The lowest BCUT2D eigenvalue weighted by molar-refractivity contribution is -0.138. The molecule has 4 nitrogen and oxygen atoms in total. The second kappa shape index (κ2) is 11.5. The fourth-order valence-electron chi connectivity index (χ4n) is 1.11. The van der Waals surface area contributed by atoms with Gasteiger partial charge in [-0.2, -0.15) is 0 Å². The van der Waals surface area contributed by atoms with Crippen LogP contribution in [0.5, 0.6) is 0 Å². The number of carboxylic acids is 1. The Morgan fingerprint density at radius 2 is 1.60 bits per heavy atom. The summed E-state index contributed by atoms with van der Waals surface area (Å²) >= 11 is 0. The van der Waals surface area contributed by atoms with Gasteiger partial charge in [-0.1, -0.05) is 34.1 Å². The summed E-state index contributed by atoms with van der Waals surface area (Å²) in [6.45, 7) is 12.0. The minimum absolute atomic E-state index is 0.565. The van der Waals surface area contributed by atoms with Crippen molar-refractivity contribution in [2.24, 2.45) is 5.73 Å². The Morgan fingerprint density at radius 1 is 1.20 bits per heavy atom. The van der Waals surface area contributed by atoms with Gasteiger partial charge in [-0.15, -0.1) is 0 Å². The maximum absolute atomic E-state index is 9.96. The average molecular weight is 218 g/mol. The lowest BCUT2D eigenvalue weighted by atomic mass is 10.2. The predicted octanol–water partition coefficient (Wildman–Crippen LogP) is 1.55. The Morgan fingerprint density at radius 3 is 1.67 bits per heavy atom. The highest BCUT2D eigenvalue weighted by Crippen LogP contribution is 1.91. The first-order valence-corrected chi connectivity index (χ1v) is 5.74. The smallest absolute Gasteiger partial charge is 0.320 e. The molecule has 0 unspecified atom stereocenters. The molecular weight excluding hydrogens is 192 g/mol. The van der Waals surface area contributed by atoms with Crippen molar-refractivity contribution in [3.8, 4) is 0 Å². The highest BCUT2D eigenvalue weighted by molar-refractivity contribution is 5.72. The molecule has 0 spiro atoms. The zero-order chi connectivity index (χ0) is 12.3. The first-order valence-electron chi connectivity index (χ1n) is 5.74. The standard InChI is InChI=1S/C6H15N.C5H11NO2/c1-4-7(5-2)6-3;1-2-3-4(6)5(7)8/h4-6H2,1-3H3;4H,2-3,6H2,1H3,(H,7,8)/t;4-/m.0/s1. The molecule has 0 aliphatic rings. The highest BCUT2D eigenvalue weighted by atomic mass is 16.4. The largest absolute Gasteiger partial charge is 0.480 e. The summed E-state index contributed by atoms with van der Waals surface area (Å²) in [5.74, 6) is -0.910. The fraction of sp³-hybridized carbons (Fsp3) is 0.909. The van der Waals surface area contributed by atoms with Gasteiger partial charge in [0.05, 0.1) is 0 Å². The summed E-state index contributed by atoms with van der Waals surface area (Å²) in [7, 11) is 0. The van der Waals surface area contributed by atoms with E-state index in [9.17, 15) is 4.79 Å². The molecule has 0 bridgehead atoms. The van der Waals surface area contributed by atoms with Gasteiger partial charge in [0.25, 0.3) is 0 Å². The SMILES string of the molecule is CCC[C@H](N)C(=O)O.CCN(CC)CC. The van der Waals surface area contributed by atoms with Gasteiger partial charge in [-0.3, -0.25) is 4.79 Å². The summed E-state index contributed by atoms with van der Waals surface area (Å²) in [6, 6.07) is -0.667. The summed E-state index contributed by atoms with van der Waals surface area (Å²) in [5, 5.41) is 8.19. The van der Waals surface area contributed by atoms with Gasteiger partial charge in [0.15, 0.2) is 0 Å². The third-order valence-corrected chi connectivity index (χ3v) is 2.26. The lowest BCUT2D eigenvalue weighted by Crippen LogP contribution is -2.29. The van der Waals surface area contributed by atoms with Crippen LogP contribution in [0.4, 0.5) is 0 Å². The van der Waals surface area contributed by atoms with Crippen LogP contribution in [0.15, 0.2) is 0 Å². The number of rotatable bonds is 6. The van der Waals surface area contributed by atoms with Crippen molar-refractivity contribution in [3.63, 3.8) is 0 Å². The number of nitrogens with two attached hydrogens (primary N) is 1. The third-order valence-electron chi connectivity index (χ3n) is 2.26. The molecule has 0 saturated carbocycles. The normalized spacial score (nSPS) is 11.9. The molecule has 0 rings (SSSR count). The van der Waals surface area contributed by atoms with E-state index in [4.69, 9.17) is 10.8 Å². The minimum atomic E-state index is -0.910. The van der Waals surface area contributed by atoms with Crippen molar-refractivity contribution < 1.29 is 9.90 Å². The summed E-state index contributed by atoms with van der Waals surface area (Å²) < 4.78 is 0. The number of hydrogen-bond acceptors (Lipinski definition) is 3. The van der Waals surface area contributed by atoms with E-state index >= 15 is 0 Å². The molecular formula is C11H26N2O2. The van der Waals surface area contributed by atoms with Crippen LogP contribution in [-0.4, -0.2) is 41.7 Å². The van der Waals surface area contributed by atoms with Crippen LogP contribution in [0, 0.1) is 0 Å². The minimum Gasteiger partial charge on any atom is -0.480 e. The molecule has 0 aromatic carbocycles. The van der Waals surface area contributed by atoms with Crippen LogP contribution < -0.4 is 5.73 Å². The predicted molar refractivity (Wildman–Crippen MR) is 64.0 cm³/mol. The Bertz CT molecular complexity index is 142. The van der Waals surface area contributed by atoms with E-state index in [1.807, 2.05) is 6.92 Å². The molecule has 0 heterocycles. The second-order valence-corrected chi connectivity index (χ2v) is 3.35. The topological polar surface area (TPSA) is 66.6 Å². The molecule has 0 aliphatic heterocycles. The number of nitrogens with zero attached hydrogens (tertiary/aromatic N) is 1. The van der Waals surface area contributed by atoms with Gasteiger partial charge < -0.3 is 15.7 Å². The van der Waals surface area contributed by atoms with Crippen LogP contribution in [0.3, 0.4) is 0 Å². The zero-order valence-corrected chi connectivity index (χ0v) is 10.5. The van der Waals surface area contributed by atoms with Crippen molar-refractivity contribution in [2.45, 2.75) is 46.6 Å². The van der Waals surface area contributed by atoms with Gasteiger partial charge in [-0.05, 0) is 26.1 Å². The number of carbonyl (C=O) groups is 1. The van der Waals surface area contributed by atoms with E-state index in [1.165, 1.54) is 19.6 Å². The van der Waals surface area contributed by atoms with Crippen LogP contribution >= 0.6 is 0 Å². The molecule has 0 radical (unpaired) electrons. The zero-order valence-electron chi connectivity index (χ0n) is 10.5. The fourth-order valence-corrected chi connectivity index (χ4v) is 1.11. The van der Waals surface area contributed by atoms with Gasteiger partial charge >= 0.3 is 5.97 Å². The number of aliphatic carboxylic acids is 1. The molecule has 0 aromatic rings. The third kappa shape index (κ3) is 11.3. The highest BCUT2D eigenvalue weighted by Gasteiger charge is 2.07. The van der Waals surface area contributed by atoms with Crippen LogP contribution in [0.2, 0.25) is 0 Å². The summed E-state index contributed by atoms with van der Waals surface area (Å²) in [4.78, 5) is 12.3. The molecule has 0 saturated heterocycles. The molecule has 0 amide bonds. The quantitative estimate of drug-likeness (QED) is 0.710. The molecule has 92 valence electrons. The Kier molecular flexibility index (Phi) is 12.8. The monoisotopic (exact) mass is 218 g/mol. The molecule has 0 aromatic heterocycles. The van der Waals surface area contributed by atoms with E-state index in [0.717, 1.165) is 6.42 Å². The van der Waals surface area contributed by atoms with Gasteiger partial charge in [0.2, 0.25) is 0 Å². The maximum Gasteiger partial charge on any atom is 0.320 e. The van der Waals surface area contributed by atoms with E-state index < -0.39 is 12.0 Å². The van der Waals surface area contributed by atoms with Crippen LogP contribution in [0.1, 0.15) is 40.5 Å². The molecule has 15 heavy (non-hydrogen) atoms. The van der Waals surface area contributed by atoms with Gasteiger partial charge in [0.1, 0.15) is 6.04 Å². The van der Waals surface area contributed by atoms with Crippen molar-refractivity contribution in [2.75, 3.05) is 19.6 Å². The van der Waals surface area contributed by atoms with Crippen molar-refractivity contribution in [1.82, 2.24) is 4.90 Å². The molecule has 1 atom stereocenters. The molecule has 0 aliphatic carbocycles. The van der Waals surface area contributed by atoms with E-state index in [1.54, 1.807) is 0 Å². The molecule has 0 fully saturated rings. The summed E-state index contributed by atoms with van der Waals surface area (Å²) in [6.07, 6.45) is 1.39. The maximum atomic E-state index is 9.96.